The van der Waals surface area contributed by atoms with Crippen LogP contribution in [0.2, 0.25) is 0 Å². The number of methoxy groups -OCH3 is 1. The predicted octanol–water partition coefficient (Wildman–Crippen LogP) is 6.82. The van der Waals surface area contributed by atoms with E-state index in [0.29, 0.717) is 5.92 Å². The lowest BCUT2D eigenvalue weighted by Crippen LogP contribution is -2.48. The van der Waals surface area contributed by atoms with Crippen molar-refractivity contribution in [1.29, 1.82) is 0 Å². The smallest absolute Gasteiger partial charge is 0.124 e. The van der Waals surface area contributed by atoms with E-state index in [1.165, 1.54) is 37.7 Å². The number of nitrogens with zero attached hydrogens (tertiary/aromatic N) is 1. The first kappa shape index (κ1) is 29.8. The average molecular weight is 498 g/mol. The van der Waals surface area contributed by atoms with E-state index < -0.39 is 0 Å². The second-order valence-corrected chi connectivity index (χ2v) is 10.2. The molecule has 202 valence electrons. The maximum Gasteiger partial charge on any atom is 0.124 e. The molecule has 2 rings (SSSR count). The fraction of sp³-hybridized carbons (Fsp3) is 0.633. The van der Waals surface area contributed by atoms with Gasteiger partial charge in [0.15, 0.2) is 0 Å². The second kappa shape index (κ2) is 14.9. The number of likely N-dealkylation sites (N-methyl/N-ethyl adjacent to an activating group) is 1. The molecule has 1 aromatic carbocycles. The summed E-state index contributed by atoms with van der Waals surface area (Å²) in [6, 6.07) is 6.35. The van der Waals surface area contributed by atoms with Gasteiger partial charge in [-0.2, -0.15) is 0 Å². The Morgan fingerprint density at radius 3 is 2.50 bits per heavy atom. The van der Waals surface area contributed by atoms with Crippen molar-refractivity contribution in [1.82, 2.24) is 10.6 Å². The van der Waals surface area contributed by atoms with Crippen LogP contribution in [0.25, 0.3) is 0 Å². The van der Waals surface area contributed by atoms with E-state index in [4.69, 9.17) is 15.5 Å². The largest absolute Gasteiger partial charge is 0.496 e. The van der Waals surface area contributed by atoms with Crippen LogP contribution in [0.1, 0.15) is 104 Å². The zero-order chi connectivity index (χ0) is 26.6. The standard InChI is InChI=1S/C30H51N5O/c1-8-14-26(31)23(5)29(34-24-16-17-25(22(4)10-3)27(20-24)36-7)35-28(15-9-2)33-21-30(32-6)18-12-11-13-19-30/h14,16-17,20,22,32,34H,8-13,15,18-19,21,31H2,1-7H3,(H,33,35)/b26-14-,29-23+. The Bertz CT molecular complexity index is 912. The highest BCUT2D eigenvalue weighted by molar-refractivity contribution is 5.84. The fourth-order valence-corrected chi connectivity index (χ4v) is 4.82. The molecule has 1 aliphatic rings. The first-order valence-electron chi connectivity index (χ1n) is 13.9. The van der Waals surface area contributed by atoms with Gasteiger partial charge in [0.05, 0.1) is 13.7 Å². The summed E-state index contributed by atoms with van der Waals surface area (Å²) in [5.41, 5.74) is 10.5. The van der Waals surface area contributed by atoms with E-state index in [0.717, 1.165) is 66.6 Å². The molecule has 6 nitrogen and oxygen atoms in total. The number of nitrogens with two attached hydrogens (primary N) is 1. The summed E-state index contributed by atoms with van der Waals surface area (Å²) in [7, 11) is 3.82. The normalized spacial score (nSPS) is 17.9. The van der Waals surface area contributed by atoms with Crippen LogP contribution >= 0.6 is 0 Å². The zero-order valence-electron chi connectivity index (χ0n) is 23.9. The van der Waals surface area contributed by atoms with E-state index in [-0.39, 0.29) is 5.54 Å². The van der Waals surface area contributed by atoms with Gasteiger partial charge in [-0.25, -0.2) is 0 Å². The Balaban J connectivity index is 2.39. The van der Waals surface area contributed by atoms with E-state index >= 15 is 0 Å². The summed E-state index contributed by atoms with van der Waals surface area (Å²) in [5, 5.41) is 10.8. The molecule has 1 aliphatic carbocycles. The zero-order valence-corrected chi connectivity index (χ0v) is 23.9. The number of anilines is 1. The van der Waals surface area contributed by atoms with Gasteiger partial charge in [0.25, 0.3) is 0 Å². The van der Waals surface area contributed by atoms with Crippen molar-refractivity contribution in [2.75, 3.05) is 26.0 Å². The van der Waals surface area contributed by atoms with E-state index in [2.05, 4.69) is 81.9 Å². The molecule has 0 saturated heterocycles. The highest BCUT2D eigenvalue weighted by atomic mass is 16.5. The number of allylic oxidation sites excluding steroid dienone is 2. The van der Waals surface area contributed by atoms with Gasteiger partial charge < -0.3 is 26.4 Å². The summed E-state index contributed by atoms with van der Waals surface area (Å²) in [4.78, 5) is 5.12. The van der Waals surface area contributed by atoms with Gasteiger partial charge in [0.2, 0.25) is 0 Å². The van der Waals surface area contributed by atoms with Gasteiger partial charge in [0.1, 0.15) is 17.4 Å². The topological polar surface area (TPSA) is 83.7 Å². The minimum Gasteiger partial charge on any atom is -0.496 e. The third kappa shape index (κ3) is 8.29. The van der Waals surface area contributed by atoms with Crippen molar-refractivity contribution in [3.63, 3.8) is 0 Å². The molecule has 1 saturated carbocycles. The van der Waals surface area contributed by atoms with Crippen LogP contribution in [0.3, 0.4) is 0 Å². The number of ether oxygens (including phenoxy) is 1. The number of benzene rings is 1. The van der Waals surface area contributed by atoms with Crippen molar-refractivity contribution in [2.45, 2.75) is 104 Å². The molecule has 0 aromatic heterocycles. The number of hydrogen-bond acceptors (Lipinski definition) is 5. The van der Waals surface area contributed by atoms with Gasteiger partial charge >= 0.3 is 0 Å². The van der Waals surface area contributed by atoms with Gasteiger partial charge in [-0.1, -0.05) is 59.1 Å². The predicted molar refractivity (Wildman–Crippen MR) is 156 cm³/mol. The van der Waals surface area contributed by atoms with Crippen molar-refractivity contribution >= 4 is 11.5 Å². The molecule has 6 heteroatoms. The van der Waals surface area contributed by atoms with E-state index in [9.17, 15) is 0 Å². The van der Waals surface area contributed by atoms with E-state index in [1.807, 2.05) is 0 Å². The number of hydrogen-bond donors (Lipinski definition) is 4. The van der Waals surface area contributed by atoms with Crippen molar-refractivity contribution < 1.29 is 4.74 Å². The molecule has 0 radical (unpaired) electrons. The quantitative estimate of drug-likeness (QED) is 0.137. The molecule has 36 heavy (non-hydrogen) atoms. The van der Waals surface area contributed by atoms with Gasteiger partial charge in [0, 0.05) is 35.0 Å². The average Bonchev–Trinajstić information content (AvgIpc) is 2.91. The third-order valence-corrected chi connectivity index (χ3v) is 7.55. The fourth-order valence-electron chi connectivity index (χ4n) is 4.82. The van der Waals surface area contributed by atoms with Gasteiger partial charge in [-0.05, 0) is 63.6 Å². The second-order valence-electron chi connectivity index (χ2n) is 10.2. The summed E-state index contributed by atoms with van der Waals surface area (Å²) < 4.78 is 5.74. The number of amidine groups is 1. The molecule has 1 fully saturated rings. The molecule has 0 spiro atoms. The van der Waals surface area contributed by atoms with Crippen LogP contribution in [0.5, 0.6) is 5.75 Å². The first-order valence-corrected chi connectivity index (χ1v) is 13.9. The maximum absolute atomic E-state index is 6.45. The Hall–Kier alpha value is -2.47. The number of aliphatic imine (C=N–C) groups is 1. The Morgan fingerprint density at radius 1 is 1.19 bits per heavy atom. The van der Waals surface area contributed by atoms with Crippen molar-refractivity contribution in [2.24, 2.45) is 10.7 Å². The molecule has 1 atom stereocenters. The van der Waals surface area contributed by atoms with Crippen LogP contribution < -0.4 is 26.4 Å². The summed E-state index contributed by atoms with van der Waals surface area (Å²) in [6.45, 7) is 11.6. The lowest BCUT2D eigenvalue weighted by atomic mass is 9.82. The molecular formula is C30H51N5O. The monoisotopic (exact) mass is 497 g/mol. The highest BCUT2D eigenvalue weighted by Gasteiger charge is 2.30. The first-order chi connectivity index (χ1) is 17.3. The molecule has 0 amide bonds. The summed E-state index contributed by atoms with van der Waals surface area (Å²) in [6.07, 6.45) is 12.1. The van der Waals surface area contributed by atoms with Crippen molar-refractivity contribution in [3.05, 3.63) is 46.9 Å². The highest BCUT2D eigenvalue weighted by Crippen LogP contribution is 2.32. The Morgan fingerprint density at radius 2 is 1.92 bits per heavy atom. The van der Waals surface area contributed by atoms with Crippen LogP contribution in [0.15, 0.2) is 46.4 Å². The molecule has 1 aromatic rings. The lowest BCUT2D eigenvalue weighted by molar-refractivity contribution is 0.255. The SMILES string of the molecule is CC/C=C(N)/C(C)=C(/NC(CCC)=NCC1(NC)CCCCC1)Nc1ccc(C(C)CC)c(OC)c1. The van der Waals surface area contributed by atoms with Crippen LogP contribution in [-0.2, 0) is 0 Å². The van der Waals surface area contributed by atoms with Gasteiger partial charge in [-0.3, -0.25) is 4.99 Å². The van der Waals surface area contributed by atoms with E-state index in [1.54, 1.807) is 7.11 Å². The maximum atomic E-state index is 6.45. The lowest BCUT2D eigenvalue weighted by Gasteiger charge is -2.36. The van der Waals surface area contributed by atoms with Crippen LogP contribution in [0, 0.1) is 0 Å². The summed E-state index contributed by atoms with van der Waals surface area (Å²) >= 11 is 0. The molecule has 5 N–H and O–H groups in total. The molecule has 0 bridgehead atoms. The number of nitrogens with one attached hydrogen (secondary N) is 3. The number of rotatable bonds is 13. The molecule has 0 aliphatic heterocycles. The minimum absolute atomic E-state index is 0.103. The summed E-state index contributed by atoms with van der Waals surface area (Å²) in [5.74, 6) is 3.20. The van der Waals surface area contributed by atoms with Crippen molar-refractivity contribution in [3.8, 4) is 5.75 Å². The Labute approximate surface area is 220 Å². The van der Waals surface area contributed by atoms with Crippen LogP contribution in [0.4, 0.5) is 5.69 Å². The molecule has 0 heterocycles. The minimum atomic E-state index is 0.103. The third-order valence-electron chi connectivity index (χ3n) is 7.55. The molecule has 1 unspecified atom stereocenters. The van der Waals surface area contributed by atoms with Crippen LogP contribution in [-0.4, -0.2) is 32.1 Å². The Kier molecular flexibility index (Phi) is 12.3. The molecular weight excluding hydrogens is 446 g/mol. The van der Waals surface area contributed by atoms with Gasteiger partial charge in [-0.15, -0.1) is 0 Å².